The Bertz CT molecular complexity index is 1470. The van der Waals surface area contributed by atoms with E-state index in [0.29, 0.717) is 17.8 Å². The van der Waals surface area contributed by atoms with Gasteiger partial charge in [-0.2, -0.15) is 0 Å². The lowest BCUT2D eigenvalue weighted by Crippen LogP contribution is -1.99. The first kappa shape index (κ1) is 21.7. The highest BCUT2D eigenvalue weighted by Crippen LogP contribution is 2.41. The van der Waals surface area contributed by atoms with Gasteiger partial charge in [-0.15, -0.1) is 0 Å². The molecule has 0 spiro atoms. The first-order valence-electron chi connectivity index (χ1n) is 12.2. The molecule has 2 aromatic heterocycles. The molecule has 2 heteroatoms. The Morgan fingerprint density at radius 2 is 1.55 bits per heavy atom. The summed E-state index contributed by atoms with van der Waals surface area (Å²) in [5, 5.41) is 4.86. The predicted molar refractivity (Wildman–Crippen MR) is 141 cm³/mol. The third-order valence-electron chi connectivity index (χ3n) is 6.67. The van der Waals surface area contributed by atoms with Crippen molar-refractivity contribution in [3.05, 3.63) is 77.5 Å². The smallest absolute Gasteiger partial charge is 0.144 e. The number of nitrogens with zero attached hydrogens (tertiary/aromatic N) is 1. The molecule has 0 aliphatic carbocycles. The second-order valence-corrected chi connectivity index (χ2v) is 10.4. The summed E-state index contributed by atoms with van der Waals surface area (Å²) in [6.45, 7) is 13.6. The fraction of sp³-hybridized carbons (Fsp3) is 0.323. The van der Waals surface area contributed by atoms with E-state index in [1.54, 1.807) is 0 Å². The topological polar surface area (TPSA) is 26.0 Å². The molecule has 0 unspecified atom stereocenters. The maximum atomic E-state index is 6.44. The van der Waals surface area contributed by atoms with Crippen LogP contribution >= 0.6 is 0 Å². The van der Waals surface area contributed by atoms with Crippen molar-refractivity contribution >= 4 is 32.7 Å². The monoisotopic (exact) mass is 435 g/mol. The zero-order valence-corrected chi connectivity index (χ0v) is 20.6. The first-order valence-corrected chi connectivity index (χ1v) is 12.2. The van der Waals surface area contributed by atoms with E-state index < -0.39 is 0 Å². The molecule has 0 saturated heterocycles. The molecule has 0 atom stereocenters. The van der Waals surface area contributed by atoms with Gasteiger partial charge in [0.25, 0.3) is 0 Å². The van der Waals surface area contributed by atoms with E-state index in [1.807, 2.05) is 6.07 Å². The Morgan fingerprint density at radius 3 is 2.27 bits per heavy atom. The Hall–Kier alpha value is -3.13. The summed E-state index contributed by atoms with van der Waals surface area (Å²) in [6, 6.07) is 19.8. The van der Waals surface area contributed by atoms with Crippen molar-refractivity contribution in [1.82, 2.24) is 4.98 Å². The van der Waals surface area contributed by atoms with Crippen molar-refractivity contribution in [3.8, 4) is 11.3 Å². The van der Waals surface area contributed by atoms with Crippen molar-refractivity contribution in [2.75, 3.05) is 0 Å². The van der Waals surface area contributed by atoms with Crippen LogP contribution in [0.3, 0.4) is 0 Å². The largest absolute Gasteiger partial charge is 0.455 e. The maximum Gasteiger partial charge on any atom is 0.144 e. The summed E-state index contributed by atoms with van der Waals surface area (Å²) in [4.78, 5) is 5.05. The van der Waals surface area contributed by atoms with Crippen LogP contribution in [0.1, 0.15) is 70.1 Å². The van der Waals surface area contributed by atoms with Crippen molar-refractivity contribution < 1.29 is 4.42 Å². The minimum absolute atomic E-state index is 0.413. The first-order chi connectivity index (χ1) is 15.8. The summed E-state index contributed by atoms with van der Waals surface area (Å²) in [5.41, 5.74) is 7.96. The fourth-order valence-electron chi connectivity index (χ4n) is 4.94. The number of benzene rings is 3. The number of fused-ring (bicyclic) bond motifs is 4. The van der Waals surface area contributed by atoms with Gasteiger partial charge < -0.3 is 4.42 Å². The summed E-state index contributed by atoms with van der Waals surface area (Å²) in [7, 11) is 0. The number of hydrogen-bond acceptors (Lipinski definition) is 2. The van der Waals surface area contributed by atoms with Crippen molar-refractivity contribution in [2.45, 2.75) is 59.8 Å². The van der Waals surface area contributed by atoms with Gasteiger partial charge in [0.15, 0.2) is 0 Å². The molecule has 2 nitrogen and oxygen atoms in total. The molecular formula is C31H33NO. The van der Waals surface area contributed by atoms with Gasteiger partial charge in [-0.1, -0.05) is 77.9 Å². The second kappa shape index (κ2) is 8.33. The molecule has 0 N–H and O–H groups in total. The number of rotatable bonds is 5. The van der Waals surface area contributed by atoms with E-state index in [1.165, 1.54) is 38.2 Å². The lowest BCUT2D eigenvalue weighted by molar-refractivity contribution is 0.648. The molecule has 0 fully saturated rings. The van der Waals surface area contributed by atoms with Gasteiger partial charge in [0.1, 0.15) is 11.2 Å². The second-order valence-electron chi connectivity index (χ2n) is 10.4. The Kier molecular flexibility index (Phi) is 5.48. The molecule has 0 bridgehead atoms. The Labute approximate surface area is 196 Å². The van der Waals surface area contributed by atoms with Crippen molar-refractivity contribution in [1.29, 1.82) is 0 Å². The zero-order valence-electron chi connectivity index (χ0n) is 20.6. The maximum absolute atomic E-state index is 6.44. The number of aromatic nitrogens is 1. The minimum Gasteiger partial charge on any atom is -0.455 e. The Morgan fingerprint density at radius 1 is 0.758 bits per heavy atom. The number of pyridine rings is 1. The number of para-hydroxylation sites is 1. The van der Waals surface area contributed by atoms with Crippen molar-refractivity contribution in [3.63, 3.8) is 0 Å². The lowest BCUT2D eigenvalue weighted by Gasteiger charge is -2.16. The molecule has 0 radical (unpaired) electrons. The third-order valence-corrected chi connectivity index (χ3v) is 6.67. The van der Waals surface area contributed by atoms with Gasteiger partial charge in [-0.3, -0.25) is 4.98 Å². The molecule has 2 heterocycles. The molecule has 168 valence electrons. The van der Waals surface area contributed by atoms with Gasteiger partial charge in [0.2, 0.25) is 0 Å². The summed E-state index contributed by atoms with van der Waals surface area (Å²) in [5.74, 6) is 1.46. The van der Waals surface area contributed by atoms with Crippen LogP contribution in [-0.2, 0) is 6.42 Å². The predicted octanol–water partition coefficient (Wildman–Crippen LogP) is 9.25. The molecule has 0 aliphatic heterocycles. The van der Waals surface area contributed by atoms with Crippen LogP contribution in [-0.4, -0.2) is 4.98 Å². The molecule has 3 aromatic carbocycles. The van der Waals surface area contributed by atoms with Crippen LogP contribution < -0.4 is 0 Å². The number of hydrogen-bond donors (Lipinski definition) is 0. The SMILES string of the molecule is CC(C)Cc1ccc2c(-c3cc(C(C)C)cc4c3oc3ccccc34)ncc(C(C)C)c2c1. The van der Waals surface area contributed by atoms with Crippen molar-refractivity contribution in [2.24, 2.45) is 5.92 Å². The van der Waals surface area contributed by atoms with E-state index in [0.717, 1.165) is 28.8 Å². The highest BCUT2D eigenvalue weighted by atomic mass is 16.3. The lowest BCUT2D eigenvalue weighted by atomic mass is 9.90. The van der Waals surface area contributed by atoms with Gasteiger partial charge in [-0.25, -0.2) is 0 Å². The fourth-order valence-corrected chi connectivity index (χ4v) is 4.94. The summed E-state index contributed by atoms with van der Waals surface area (Å²) >= 11 is 0. The van der Waals surface area contributed by atoms with Gasteiger partial charge in [-0.05, 0) is 64.5 Å². The van der Waals surface area contributed by atoms with E-state index in [9.17, 15) is 0 Å². The highest BCUT2D eigenvalue weighted by molar-refractivity contribution is 6.12. The van der Waals surface area contributed by atoms with Crippen LogP contribution in [0.5, 0.6) is 0 Å². The third kappa shape index (κ3) is 3.82. The average molecular weight is 436 g/mol. The molecule has 0 aliphatic rings. The van der Waals surface area contributed by atoms with Crippen LogP contribution in [0, 0.1) is 5.92 Å². The highest BCUT2D eigenvalue weighted by Gasteiger charge is 2.19. The molecule has 0 amide bonds. The van der Waals surface area contributed by atoms with Gasteiger partial charge >= 0.3 is 0 Å². The quantitative estimate of drug-likeness (QED) is 0.275. The zero-order chi connectivity index (χ0) is 23.3. The van der Waals surface area contributed by atoms with E-state index in [2.05, 4.69) is 96.3 Å². The van der Waals surface area contributed by atoms with Crippen LogP contribution in [0.2, 0.25) is 0 Å². The normalized spacial score (nSPS) is 12.3. The average Bonchev–Trinajstić information content (AvgIpc) is 3.16. The molecule has 5 aromatic rings. The van der Waals surface area contributed by atoms with E-state index in [-0.39, 0.29) is 0 Å². The van der Waals surface area contributed by atoms with E-state index >= 15 is 0 Å². The Balaban J connectivity index is 1.85. The van der Waals surface area contributed by atoms with Crippen LogP contribution in [0.4, 0.5) is 0 Å². The van der Waals surface area contributed by atoms with Gasteiger partial charge in [0.05, 0.1) is 5.69 Å². The van der Waals surface area contributed by atoms with Gasteiger partial charge in [0, 0.05) is 27.9 Å². The molecule has 5 rings (SSSR count). The number of furan rings is 1. The molecule has 33 heavy (non-hydrogen) atoms. The molecular weight excluding hydrogens is 402 g/mol. The van der Waals surface area contributed by atoms with Crippen LogP contribution in [0.25, 0.3) is 44.0 Å². The van der Waals surface area contributed by atoms with E-state index in [4.69, 9.17) is 9.40 Å². The van der Waals surface area contributed by atoms with Crippen LogP contribution in [0.15, 0.2) is 65.2 Å². The summed E-state index contributed by atoms with van der Waals surface area (Å²) in [6.07, 6.45) is 3.17. The summed E-state index contributed by atoms with van der Waals surface area (Å²) < 4.78 is 6.44. The minimum atomic E-state index is 0.413. The molecule has 0 saturated carbocycles. The standard InChI is InChI=1S/C31H33NO/c1-18(2)13-21-11-12-24-25(14-21)28(20(5)6)17-32-30(24)27-16-22(19(3)4)15-26-23-9-7-8-10-29(23)33-31(26)27/h7-12,14-20H,13H2,1-6H3.